The highest BCUT2D eigenvalue weighted by Crippen LogP contribution is 2.21. The lowest BCUT2D eigenvalue weighted by Crippen LogP contribution is -2.34. The zero-order chi connectivity index (χ0) is 13.1. The third-order valence-electron chi connectivity index (χ3n) is 3.71. The monoisotopic (exact) mass is 250 g/mol. The molecule has 18 heavy (non-hydrogen) atoms. The van der Waals surface area contributed by atoms with E-state index in [1.807, 2.05) is 23.3 Å². The van der Waals surface area contributed by atoms with E-state index in [9.17, 15) is 4.79 Å². The second kappa shape index (κ2) is 5.52. The summed E-state index contributed by atoms with van der Waals surface area (Å²) in [5.41, 5.74) is 6.99. The normalized spacial score (nSPS) is 18.9. The summed E-state index contributed by atoms with van der Waals surface area (Å²) in [5, 5.41) is 0. The summed E-state index contributed by atoms with van der Waals surface area (Å²) in [6.07, 6.45) is 6.55. The predicted octanol–water partition coefficient (Wildman–Crippen LogP) is 1.48. The van der Waals surface area contributed by atoms with Gasteiger partial charge < -0.3 is 15.2 Å². The fourth-order valence-corrected chi connectivity index (χ4v) is 2.46. The number of rotatable bonds is 4. The van der Waals surface area contributed by atoms with Crippen molar-refractivity contribution in [1.29, 1.82) is 0 Å². The molecule has 5 heteroatoms. The summed E-state index contributed by atoms with van der Waals surface area (Å²) in [5.74, 6) is 0.176. The Morgan fingerprint density at radius 1 is 1.50 bits per heavy atom. The molecule has 1 aromatic rings. The minimum Gasteiger partial charge on any atom is -0.341 e. The summed E-state index contributed by atoms with van der Waals surface area (Å²) in [4.78, 5) is 18.4. The van der Waals surface area contributed by atoms with Crippen LogP contribution in [0.4, 0.5) is 0 Å². The molecule has 2 heterocycles. The van der Waals surface area contributed by atoms with Gasteiger partial charge in [0.15, 0.2) is 0 Å². The molecule has 0 radical (unpaired) electrons. The molecule has 5 nitrogen and oxygen atoms in total. The minimum atomic E-state index is -0.210. The summed E-state index contributed by atoms with van der Waals surface area (Å²) in [6.45, 7) is 5.73. The van der Waals surface area contributed by atoms with Crippen molar-refractivity contribution in [2.24, 2.45) is 5.73 Å². The third kappa shape index (κ3) is 2.41. The van der Waals surface area contributed by atoms with E-state index in [4.69, 9.17) is 5.73 Å². The van der Waals surface area contributed by atoms with Crippen LogP contribution < -0.4 is 5.73 Å². The molecular weight excluding hydrogens is 228 g/mol. The maximum absolute atomic E-state index is 12.3. The van der Waals surface area contributed by atoms with E-state index in [1.165, 1.54) is 0 Å². The van der Waals surface area contributed by atoms with Crippen LogP contribution in [-0.2, 0) is 4.79 Å². The Kier molecular flexibility index (Phi) is 4.01. The first-order valence-corrected chi connectivity index (χ1v) is 6.71. The van der Waals surface area contributed by atoms with E-state index in [1.54, 1.807) is 12.5 Å². The molecular formula is C13H22N4O. The summed E-state index contributed by atoms with van der Waals surface area (Å²) < 4.78 is 1.91. The maximum Gasteiger partial charge on any atom is 0.245 e. The van der Waals surface area contributed by atoms with E-state index >= 15 is 0 Å². The first-order chi connectivity index (χ1) is 8.65. The second-order valence-electron chi connectivity index (χ2n) is 4.95. The molecule has 0 saturated carbocycles. The van der Waals surface area contributed by atoms with E-state index in [2.05, 4.69) is 4.98 Å². The highest BCUT2D eigenvalue weighted by Gasteiger charge is 2.26. The zero-order valence-corrected chi connectivity index (χ0v) is 11.2. The Morgan fingerprint density at radius 3 is 2.78 bits per heavy atom. The SMILES string of the molecule is CC[C@@H](N)c1cncn1C(C)C(=O)N1CCCC1. The summed E-state index contributed by atoms with van der Waals surface area (Å²) in [6, 6.07) is -0.264. The molecule has 0 aromatic carbocycles. The highest BCUT2D eigenvalue weighted by molar-refractivity contribution is 5.80. The number of nitrogens with two attached hydrogens (primary N) is 1. The van der Waals surface area contributed by atoms with Crippen LogP contribution in [0.1, 0.15) is 50.9 Å². The fourth-order valence-electron chi connectivity index (χ4n) is 2.46. The standard InChI is InChI=1S/C13H22N4O/c1-3-11(14)12-8-15-9-17(12)10(2)13(18)16-6-4-5-7-16/h8-11H,3-7,14H2,1-2H3/t10?,11-/m1/s1. The van der Waals surface area contributed by atoms with Crippen LogP contribution in [0.3, 0.4) is 0 Å². The lowest BCUT2D eigenvalue weighted by molar-refractivity contribution is -0.133. The van der Waals surface area contributed by atoms with E-state index in [0.29, 0.717) is 0 Å². The van der Waals surface area contributed by atoms with Gasteiger partial charge in [-0.05, 0) is 26.2 Å². The van der Waals surface area contributed by atoms with Gasteiger partial charge in [0.05, 0.1) is 12.0 Å². The number of aromatic nitrogens is 2. The first-order valence-electron chi connectivity index (χ1n) is 6.71. The van der Waals surface area contributed by atoms with Gasteiger partial charge in [0.25, 0.3) is 0 Å². The molecule has 0 spiro atoms. The fraction of sp³-hybridized carbons (Fsp3) is 0.692. The van der Waals surface area contributed by atoms with Crippen molar-refractivity contribution in [3.8, 4) is 0 Å². The Balaban J connectivity index is 2.15. The van der Waals surface area contributed by atoms with Gasteiger partial charge in [-0.25, -0.2) is 4.98 Å². The number of hydrogen-bond donors (Lipinski definition) is 1. The first kappa shape index (κ1) is 13.1. The quantitative estimate of drug-likeness (QED) is 0.880. The van der Waals surface area contributed by atoms with Crippen LogP contribution in [0, 0.1) is 0 Å². The predicted molar refractivity (Wildman–Crippen MR) is 70.0 cm³/mol. The van der Waals surface area contributed by atoms with Crippen LogP contribution in [0.15, 0.2) is 12.5 Å². The smallest absolute Gasteiger partial charge is 0.245 e. The van der Waals surface area contributed by atoms with E-state index in [-0.39, 0.29) is 18.0 Å². The Labute approximate surface area is 108 Å². The Hall–Kier alpha value is -1.36. The molecule has 0 bridgehead atoms. The van der Waals surface area contributed by atoms with Gasteiger partial charge in [-0.2, -0.15) is 0 Å². The largest absolute Gasteiger partial charge is 0.341 e. The van der Waals surface area contributed by atoms with Crippen molar-refractivity contribution in [1.82, 2.24) is 14.5 Å². The number of likely N-dealkylation sites (tertiary alicyclic amines) is 1. The van der Waals surface area contributed by atoms with Crippen molar-refractivity contribution in [2.45, 2.75) is 45.2 Å². The van der Waals surface area contributed by atoms with Gasteiger partial charge in [-0.1, -0.05) is 6.92 Å². The molecule has 100 valence electrons. The molecule has 1 saturated heterocycles. The number of imidazole rings is 1. The number of amides is 1. The zero-order valence-electron chi connectivity index (χ0n) is 11.2. The second-order valence-corrected chi connectivity index (χ2v) is 4.95. The third-order valence-corrected chi connectivity index (χ3v) is 3.71. The van der Waals surface area contributed by atoms with Gasteiger partial charge in [0.1, 0.15) is 6.04 Å². The molecule has 0 aliphatic carbocycles. The average molecular weight is 250 g/mol. The molecule has 1 fully saturated rings. The van der Waals surface area contributed by atoms with Crippen LogP contribution >= 0.6 is 0 Å². The lowest BCUT2D eigenvalue weighted by Gasteiger charge is -2.23. The molecule has 1 amide bonds. The average Bonchev–Trinajstić information content (AvgIpc) is 3.06. The van der Waals surface area contributed by atoms with Crippen LogP contribution in [0.5, 0.6) is 0 Å². The number of hydrogen-bond acceptors (Lipinski definition) is 3. The molecule has 1 unspecified atom stereocenters. The Bertz CT molecular complexity index is 409. The van der Waals surface area contributed by atoms with Crippen molar-refractivity contribution in [2.75, 3.05) is 13.1 Å². The van der Waals surface area contributed by atoms with Crippen molar-refractivity contribution >= 4 is 5.91 Å². The summed E-state index contributed by atoms with van der Waals surface area (Å²) >= 11 is 0. The minimum absolute atomic E-state index is 0.0543. The molecule has 2 N–H and O–H groups in total. The lowest BCUT2D eigenvalue weighted by atomic mass is 10.1. The van der Waals surface area contributed by atoms with Gasteiger partial charge in [0, 0.05) is 25.3 Å². The van der Waals surface area contributed by atoms with Crippen molar-refractivity contribution in [3.63, 3.8) is 0 Å². The molecule has 1 aromatic heterocycles. The van der Waals surface area contributed by atoms with Crippen LogP contribution in [-0.4, -0.2) is 33.4 Å². The Morgan fingerprint density at radius 2 is 2.17 bits per heavy atom. The summed E-state index contributed by atoms with van der Waals surface area (Å²) in [7, 11) is 0. The topological polar surface area (TPSA) is 64.1 Å². The number of carbonyl (C=O) groups is 1. The van der Waals surface area contributed by atoms with Crippen LogP contribution in [0.25, 0.3) is 0 Å². The van der Waals surface area contributed by atoms with Gasteiger partial charge >= 0.3 is 0 Å². The molecule has 1 aliphatic rings. The molecule has 2 atom stereocenters. The van der Waals surface area contributed by atoms with Gasteiger partial charge in [-0.3, -0.25) is 4.79 Å². The molecule has 1 aliphatic heterocycles. The van der Waals surface area contributed by atoms with Gasteiger partial charge in [0.2, 0.25) is 5.91 Å². The van der Waals surface area contributed by atoms with E-state index < -0.39 is 0 Å². The number of carbonyl (C=O) groups excluding carboxylic acids is 1. The van der Waals surface area contributed by atoms with E-state index in [0.717, 1.165) is 38.0 Å². The van der Waals surface area contributed by atoms with Crippen molar-refractivity contribution in [3.05, 3.63) is 18.2 Å². The highest BCUT2D eigenvalue weighted by atomic mass is 16.2. The molecule has 2 rings (SSSR count). The van der Waals surface area contributed by atoms with Crippen molar-refractivity contribution < 1.29 is 4.79 Å². The van der Waals surface area contributed by atoms with Crippen LogP contribution in [0.2, 0.25) is 0 Å². The maximum atomic E-state index is 12.3. The number of nitrogens with zero attached hydrogens (tertiary/aromatic N) is 3. The van der Waals surface area contributed by atoms with Gasteiger partial charge in [-0.15, -0.1) is 0 Å².